The molecule has 0 heterocycles. The number of rotatable bonds is 7. The fraction of sp³-hybridized carbons (Fsp3) is 0.667. The highest BCUT2D eigenvalue weighted by Gasteiger charge is 2.21. The number of halogens is 1. The maximum atomic E-state index is 3.66. The molecule has 0 radical (unpaired) electrons. The summed E-state index contributed by atoms with van der Waals surface area (Å²) in [6, 6.07) is 8.94. The third-order valence-electron chi connectivity index (χ3n) is 4.38. The summed E-state index contributed by atoms with van der Waals surface area (Å²) in [5.74, 6) is 2.35. The van der Waals surface area contributed by atoms with Crippen LogP contribution in [0.2, 0.25) is 0 Å². The maximum Gasteiger partial charge on any atom is 0.0175 e. The highest BCUT2D eigenvalue weighted by atomic mass is 79.9. The molecular formula is C18H28BrN. The van der Waals surface area contributed by atoms with E-state index in [1.54, 1.807) is 0 Å². The quantitative estimate of drug-likeness (QED) is 0.706. The monoisotopic (exact) mass is 337 g/mol. The van der Waals surface area contributed by atoms with Gasteiger partial charge in [-0.3, -0.25) is 0 Å². The molecular weight excluding hydrogens is 310 g/mol. The molecule has 1 nitrogen and oxygen atoms in total. The molecule has 1 aromatic rings. The molecule has 0 amide bonds. The topological polar surface area (TPSA) is 12.0 Å². The van der Waals surface area contributed by atoms with Gasteiger partial charge >= 0.3 is 0 Å². The van der Waals surface area contributed by atoms with Crippen molar-refractivity contribution in [2.45, 2.75) is 51.9 Å². The molecule has 1 aliphatic rings. The minimum atomic E-state index is 0.671. The van der Waals surface area contributed by atoms with Crippen LogP contribution in [-0.4, -0.2) is 13.1 Å². The van der Waals surface area contributed by atoms with E-state index in [0.29, 0.717) is 5.92 Å². The summed E-state index contributed by atoms with van der Waals surface area (Å²) < 4.78 is 1.18. The van der Waals surface area contributed by atoms with Crippen molar-refractivity contribution >= 4 is 15.9 Å². The van der Waals surface area contributed by atoms with Gasteiger partial charge in [0.2, 0.25) is 0 Å². The normalized spacial score (nSPS) is 17.8. The smallest absolute Gasteiger partial charge is 0.0175 e. The molecule has 1 aromatic carbocycles. The summed E-state index contributed by atoms with van der Waals surface area (Å²) in [6.45, 7) is 6.80. The van der Waals surface area contributed by atoms with Crippen LogP contribution in [-0.2, 0) is 0 Å². The fourth-order valence-electron chi connectivity index (χ4n) is 3.27. The Morgan fingerprint density at radius 3 is 2.35 bits per heavy atom. The molecule has 1 unspecified atom stereocenters. The summed E-state index contributed by atoms with van der Waals surface area (Å²) in [6.07, 6.45) is 7.12. The van der Waals surface area contributed by atoms with Gasteiger partial charge in [0.25, 0.3) is 0 Å². The van der Waals surface area contributed by atoms with Gasteiger partial charge in [-0.2, -0.15) is 0 Å². The average molecular weight is 338 g/mol. The fourth-order valence-corrected chi connectivity index (χ4v) is 3.53. The van der Waals surface area contributed by atoms with E-state index in [9.17, 15) is 0 Å². The van der Waals surface area contributed by atoms with Crippen LogP contribution in [0.3, 0.4) is 0 Å². The Morgan fingerprint density at radius 1 is 1.10 bits per heavy atom. The molecule has 0 bridgehead atoms. The summed E-state index contributed by atoms with van der Waals surface area (Å²) in [5.41, 5.74) is 1.50. The molecule has 0 aliphatic heterocycles. The third kappa shape index (κ3) is 5.21. The molecule has 0 saturated heterocycles. The van der Waals surface area contributed by atoms with Crippen molar-refractivity contribution in [2.24, 2.45) is 11.8 Å². The standard InChI is InChI=1S/C18H28BrN/c1-14(2)12-20-13-17(11-15-5-3-4-6-15)16-7-9-18(19)10-8-16/h7-10,14-15,17,20H,3-6,11-13H2,1-2H3. The zero-order chi connectivity index (χ0) is 14.4. The molecule has 1 fully saturated rings. The van der Waals surface area contributed by atoms with Crippen LogP contribution in [0.1, 0.15) is 57.4 Å². The van der Waals surface area contributed by atoms with Gasteiger partial charge in [0.15, 0.2) is 0 Å². The molecule has 112 valence electrons. The number of hydrogen-bond donors (Lipinski definition) is 1. The first kappa shape index (κ1) is 16.0. The maximum absolute atomic E-state index is 3.66. The Hall–Kier alpha value is -0.340. The molecule has 2 rings (SSSR count). The minimum absolute atomic E-state index is 0.671. The second-order valence-corrected chi connectivity index (χ2v) is 7.60. The lowest BCUT2D eigenvalue weighted by Gasteiger charge is -2.22. The van der Waals surface area contributed by atoms with Crippen molar-refractivity contribution in [3.05, 3.63) is 34.3 Å². The largest absolute Gasteiger partial charge is 0.316 e. The Bertz CT molecular complexity index is 379. The highest BCUT2D eigenvalue weighted by molar-refractivity contribution is 9.10. The van der Waals surface area contributed by atoms with Gasteiger partial charge in [-0.05, 0) is 48.4 Å². The van der Waals surface area contributed by atoms with Gasteiger partial charge in [0.1, 0.15) is 0 Å². The predicted molar refractivity (Wildman–Crippen MR) is 91.2 cm³/mol. The van der Waals surface area contributed by atoms with Crippen LogP contribution in [0.15, 0.2) is 28.7 Å². The first-order valence-corrected chi connectivity index (χ1v) is 8.90. The average Bonchev–Trinajstić information content (AvgIpc) is 2.91. The number of hydrogen-bond acceptors (Lipinski definition) is 1. The summed E-state index contributed by atoms with van der Waals surface area (Å²) in [7, 11) is 0. The van der Waals surface area contributed by atoms with E-state index in [2.05, 4.69) is 59.4 Å². The van der Waals surface area contributed by atoms with Crippen molar-refractivity contribution in [3.63, 3.8) is 0 Å². The Kier molecular flexibility index (Phi) is 6.57. The molecule has 2 heteroatoms. The van der Waals surface area contributed by atoms with E-state index in [1.807, 2.05) is 0 Å². The lowest BCUT2D eigenvalue weighted by molar-refractivity contribution is 0.418. The van der Waals surface area contributed by atoms with Crippen LogP contribution in [0, 0.1) is 11.8 Å². The van der Waals surface area contributed by atoms with E-state index in [-0.39, 0.29) is 0 Å². The van der Waals surface area contributed by atoms with Crippen LogP contribution in [0.4, 0.5) is 0 Å². The molecule has 1 N–H and O–H groups in total. The van der Waals surface area contributed by atoms with Crippen LogP contribution >= 0.6 is 15.9 Å². The first-order valence-electron chi connectivity index (χ1n) is 8.11. The molecule has 1 saturated carbocycles. The second-order valence-electron chi connectivity index (χ2n) is 6.69. The Labute approximate surface area is 132 Å². The SMILES string of the molecule is CC(C)CNCC(CC1CCCC1)c1ccc(Br)cc1. The van der Waals surface area contributed by atoms with Crippen LogP contribution < -0.4 is 5.32 Å². The second kappa shape index (κ2) is 8.19. The van der Waals surface area contributed by atoms with Crippen LogP contribution in [0.25, 0.3) is 0 Å². The van der Waals surface area contributed by atoms with Gasteiger partial charge in [0.05, 0.1) is 0 Å². The highest BCUT2D eigenvalue weighted by Crippen LogP contribution is 2.34. The van der Waals surface area contributed by atoms with E-state index >= 15 is 0 Å². The third-order valence-corrected chi connectivity index (χ3v) is 4.91. The van der Waals surface area contributed by atoms with Gasteiger partial charge in [-0.15, -0.1) is 0 Å². The lowest BCUT2D eigenvalue weighted by atomic mass is 9.88. The number of nitrogens with one attached hydrogen (secondary N) is 1. The van der Waals surface area contributed by atoms with Crippen molar-refractivity contribution in [3.8, 4) is 0 Å². The van der Waals surface area contributed by atoms with Crippen LogP contribution in [0.5, 0.6) is 0 Å². The van der Waals surface area contributed by atoms with E-state index < -0.39 is 0 Å². The Balaban J connectivity index is 1.96. The van der Waals surface area contributed by atoms with Gasteiger partial charge in [-0.25, -0.2) is 0 Å². The Morgan fingerprint density at radius 2 is 1.75 bits per heavy atom. The molecule has 0 spiro atoms. The van der Waals surface area contributed by atoms with Crippen molar-refractivity contribution in [1.29, 1.82) is 0 Å². The first-order chi connectivity index (χ1) is 9.65. The van der Waals surface area contributed by atoms with E-state index in [0.717, 1.165) is 24.9 Å². The van der Waals surface area contributed by atoms with E-state index in [4.69, 9.17) is 0 Å². The summed E-state index contributed by atoms with van der Waals surface area (Å²) in [4.78, 5) is 0. The predicted octanol–water partition coefficient (Wildman–Crippen LogP) is 5.36. The van der Waals surface area contributed by atoms with Crippen molar-refractivity contribution < 1.29 is 0 Å². The minimum Gasteiger partial charge on any atom is -0.316 e. The number of benzene rings is 1. The van der Waals surface area contributed by atoms with Crippen molar-refractivity contribution in [2.75, 3.05) is 13.1 Å². The summed E-state index contributed by atoms with van der Waals surface area (Å²) >= 11 is 3.54. The lowest BCUT2D eigenvalue weighted by Crippen LogP contribution is -2.26. The zero-order valence-corrected chi connectivity index (χ0v) is 14.5. The van der Waals surface area contributed by atoms with Crippen molar-refractivity contribution in [1.82, 2.24) is 5.32 Å². The van der Waals surface area contributed by atoms with E-state index in [1.165, 1.54) is 42.1 Å². The van der Waals surface area contributed by atoms with Gasteiger partial charge in [0, 0.05) is 11.0 Å². The molecule has 0 aromatic heterocycles. The molecule has 1 aliphatic carbocycles. The van der Waals surface area contributed by atoms with Gasteiger partial charge in [-0.1, -0.05) is 67.6 Å². The van der Waals surface area contributed by atoms with Gasteiger partial charge < -0.3 is 5.32 Å². The molecule has 1 atom stereocenters. The molecule has 20 heavy (non-hydrogen) atoms. The summed E-state index contributed by atoms with van der Waals surface area (Å²) in [5, 5.41) is 3.66. The zero-order valence-electron chi connectivity index (χ0n) is 12.9.